The molecule has 246 valence electrons. The number of halogens is 5. The van der Waals surface area contributed by atoms with Gasteiger partial charge in [-0.1, -0.05) is 55.2 Å². The molecule has 3 atom stereocenters. The van der Waals surface area contributed by atoms with Crippen LogP contribution in [0.3, 0.4) is 0 Å². The van der Waals surface area contributed by atoms with E-state index in [9.17, 15) is 23.6 Å². The average molecular weight is 703 g/mol. The van der Waals surface area contributed by atoms with Crippen molar-refractivity contribution >= 4 is 68.8 Å². The number of aromatic nitrogens is 2. The lowest BCUT2D eigenvalue weighted by Crippen LogP contribution is -2.58. The first-order valence-corrected chi connectivity index (χ1v) is 15.9. The Balaban J connectivity index is 1.92. The number of dihydropyridines is 1. The molecule has 5 rings (SSSR count). The third kappa shape index (κ3) is 5.52. The zero-order chi connectivity index (χ0) is 34.6. The molecule has 1 unspecified atom stereocenters. The highest BCUT2D eigenvalue weighted by molar-refractivity contribution is 6.40. The molecule has 0 spiro atoms. The largest absolute Gasteiger partial charge is 0.397 e. The van der Waals surface area contributed by atoms with Crippen LogP contribution in [0.1, 0.15) is 40.2 Å². The fourth-order valence-electron chi connectivity index (χ4n) is 6.53. The van der Waals surface area contributed by atoms with Gasteiger partial charge >= 0.3 is 0 Å². The molecule has 47 heavy (non-hydrogen) atoms. The molecule has 1 saturated heterocycles. The second-order valence-corrected chi connectivity index (χ2v) is 13.2. The van der Waals surface area contributed by atoms with Crippen molar-refractivity contribution in [2.75, 3.05) is 23.7 Å². The fraction of sp³-hybridized carbons (Fsp3) is 0.333. The van der Waals surface area contributed by atoms with Gasteiger partial charge < -0.3 is 20.9 Å². The molecular formula is C33H32Cl3F2N7O2. The number of hydrogen-bond donors (Lipinski definition) is 2. The summed E-state index contributed by atoms with van der Waals surface area (Å²) in [5.41, 5.74) is 6.17. The van der Waals surface area contributed by atoms with Gasteiger partial charge in [-0.05, 0) is 56.7 Å². The van der Waals surface area contributed by atoms with Crippen LogP contribution in [0.2, 0.25) is 15.1 Å². The summed E-state index contributed by atoms with van der Waals surface area (Å²) < 4.78 is 30.7. The molecule has 2 aliphatic rings. The average Bonchev–Trinajstić information content (AvgIpc) is 3.02. The number of nitrogens with one attached hydrogen (secondary N) is 1. The van der Waals surface area contributed by atoms with Crippen molar-refractivity contribution < 1.29 is 13.6 Å². The Kier molecular flexibility index (Phi) is 9.34. The molecule has 0 saturated carbocycles. The summed E-state index contributed by atoms with van der Waals surface area (Å²) in [5, 5.41) is 12.7. The molecule has 0 bridgehead atoms. The van der Waals surface area contributed by atoms with E-state index in [1.165, 1.54) is 16.7 Å². The van der Waals surface area contributed by atoms with Gasteiger partial charge in [0.25, 0.3) is 5.56 Å². The number of carbonyl (C=O) groups excluding carboxylic acids is 1. The Hall–Kier alpha value is -4.11. The number of nitrogen functional groups attached to an aromatic ring is 1. The number of pyridine rings is 2. The van der Waals surface area contributed by atoms with Crippen LogP contribution in [-0.4, -0.2) is 51.6 Å². The fourth-order valence-corrected chi connectivity index (χ4v) is 7.23. The number of nitrogens with two attached hydrogens (primary N) is 1. The minimum atomic E-state index is -1.44. The Bertz CT molecular complexity index is 1980. The molecule has 0 radical (unpaired) electrons. The Morgan fingerprint density at radius 1 is 1.19 bits per heavy atom. The Labute approximate surface area is 285 Å². The zero-order valence-electron chi connectivity index (χ0n) is 26.3. The number of benzene rings is 1. The third-order valence-corrected chi connectivity index (χ3v) is 9.62. The second-order valence-electron chi connectivity index (χ2n) is 12.1. The second kappa shape index (κ2) is 12.8. The summed E-state index contributed by atoms with van der Waals surface area (Å²) in [4.78, 5) is 35.6. The van der Waals surface area contributed by atoms with Crippen molar-refractivity contribution in [3.05, 3.63) is 79.2 Å². The summed E-state index contributed by atoms with van der Waals surface area (Å²) in [5.74, 6) is -3.12. The van der Waals surface area contributed by atoms with E-state index in [0.717, 1.165) is 5.57 Å². The van der Waals surface area contributed by atoms with E-state index in [-0.39, 0.29) is 76.2 Å². The molecular weight excluding hydrogens is 671 g/mol. The van der Waals surface area contributed by atoms with Crippen LogP contribution in [0, 0.1) is 28.9 Å². The van der Waals surface area contributed by atoms with Crippen LogP contribution in [0.15, 0.2) is 41.4 Å². The number of amides is 1. The molecule has 4 heterocycles. The molecule has 9 nitrogen and oxygen atoms in total. The van der Waals surface area contributed by atoms with E-state index in [0.29, 0.717) is 11.1 Å². The number of hydrogen-bond acceptors (Lipinski definition) is 7. The van der Waals surface area contributed by atoms with Gasteiger partial charge in [0.05, 0.1) is 38.9 Å². The normalized spacial score (nSPS) is 19.7. The van der Waals surface area contributed by atoms with Gasteiger partial charge in [-0.3, -0.25) is 14.2 Å². The van der Waals surface area contributed by atoms with Gasteiger partial charge in [0, 0.05) is 36.1 Å². The maximum absolute atomic E-state index is 14.9. The third-order valence-electron chi connectivity index (χ3n) is 8.61. The Morgan fingerprint density at radius 2 is 1.81 bits per heavy atom. The van der Waals surface area contributed by atoms with Crippen LogP contribution in [0.5, 0.6) is 0 Å². The van der Waals surface area contributed by atoms with Crippen LogP contribution in [-0.2, 0) is 4.79 Å². The van der Waals surface area contributed by atoms with E-state index in [1.807, 2.05) is 39.5 Å². The quantitative estimate of drug-likeness (QED) is 0.131. The van der Waals surface area contributed by atoms with Gasteiger partial charge in [-0.2, -0.15) is 5.26 Å². The highest BCUT2D eigenvalue weighted by Crippen LogP contribution is 2.45. The SMILES string of the molecule is C=CC(=O)N1[C@H](C)CN(c2c(C#N)c(=O)n(C3=C(C)C=CNC3C(C)C)c3nc(-c4c(N)c(Cl)c(F)c(F)c4Cl)c(Cl)cc23)C[C@@H]1C. The molecule has 3 N–H and O–H groups in total. The van der Waals surface area contributed by atoms with E-state index < -0.39 is 32.9 Å². The molecule has 1 aromatic carbocycles. The highest BCUT2D eigenvalue weighted by Gasteiger charge is 2.36. The molecule has 3 aromatic rings. The van der Waals surface area contributed by atoms with Gasteiger partial charge in [0.2, 0.25) is 5.91 Å². The number of fused-ring (bicyclic) bond motifs is 1. The molecule has 2 aliphatic heterocycles. The van der Waals surface area contributed by atoms with Crippen molar-refractivity contribution in [3.63, 3.8) is 0 Å². The van der Waals surface area contributed by atoms with E-state index in [1.54, 1.807) is 17.2 Å². The van der Waals surface area contributed by atoms with Gasteiger partial charge in [-0.15, -0.1) is 0 Å². The summed E-state index contributed by atoms with van der Waals surface area (Å²) in [6.45, 7) is 13.7. The Morgan fingerprint density at radius 3 is 2.38 bits per heavy atom. The number of carbonyl (C=O) groups is 1. The number of piperazine rings is 1. The molecule has 0 aliphatic carbocycles. The van der Waals surface area contributed by atoms with Crippen LogP contribution >= 0.6 is 34.8 Å². The van der Waals surface area contributed by atoms with E-state index in [2.05, 4.69) is 18.0 Å². The summed E-state index contributed by atoms with van der Waals surface area (Å²) in [6, 6.07) is 2.61. The maximum atomic E-state index is 14.9. The minimum Gasteiger partial charge on any atom is -0.397 e. The maximum Gasteiger partial charge on any atom is 0.276 e. The number of allylic oxidation sites excluding steroid dienone is 2. The first-order chi connectivity index (χ1) is 22.2. The molecule has 14 heteroatoms. The van der Waals surface area contributed by atoms with Crippen LogP contribution in [0.25, 0.3) is 28.0 Å². The van der Waals surface area contributed by atoms with Crippen LogP contribution in [0.4, 0.5) is 20.2 Å². The number of anilines is 2. The van der Waals surface area contributed by atoms with Crippen LogP contribution < -0.4 is 21.5 Å². The zero-order valence-corrected chi connectivity index (χ0v) is 28.5. The highest BCUT2D eigenvalue weighted by atomic mass is 35.5. The predicted octanol–water partition coefficient (Wildman–Crippen LogP) is 6.74. The number of nitriles is 1. The lowest BCUT2D eigenvalue weighted by atomic mass is 9.94. The van der Waals surface area contributed by atoms with Crippen molar-refractivity contribution in [2.24, 2.45) is 5.92 Å². The summed E-state index contributed by atoms with van der Waals surface area (Å²) in [6.07, 6.45) is 4.83. The molecule has 2 aromatic heterocycles. The topological polar surface area (TPSA) is 120 Å². The number of rotatable bonds is 5. The number of nitrogens with zero attached hydrogens (tertiary/aromatic N) is 5. The first kappa shape index (κ1) is 34.2. The summed E-state index contributed by atoms with van der Waals surface area (Å²) >= 11 is 19.2. The van der Waals surface area contributed by atoms with E-state index in [4.69, 9.17) is 45.5 Å². The lowest BCUT2D eigenvalue weighted by molar-refractivity contribution is -0.130. The first-order valence-electron chi connectivity index (χ1n) is 14.8. The minimum absolute atomic E-state index is 0.0175. The van der Waals surface area contributed by atoms with Gasteiger partial charge in [0.1, 0.15) is 22.3 Å². The van der Waals surface area contributed by atoms with Crippen molar-refractivity contribution in [2.45, 2.75) is 52.7 Å². The van der Waals surface area contributed by atoms with Crippen molar-refractivity contribution in [1.29, 1.82) is 5.26 Å². The van der Waals surface area contributed by atoms with Gasteiger partial charge in [0.15, 0.2) is 11.6 Å². The van der Waals surface area contributed by atoms with E-state index >= 15 is 0 Å². The molecule has 1 fully saturated rings. The predicted molar refractivity (Wildman–Crippen MR) is 183 cm³/mol. The monoisotopic (exact) mass is 701 g/mol. The van der Waals surface area contributed by atoms with Crippen molar-refractivity contribution in [1.82, 2.24) is 19.8 Å². The summed E-state index contributed by atoms with van der Waals surface area (Å²) in [7, 11) is 0. The lowest BCUT2D eigenvalue weighted by Gasteiger charge is -2.45. The standard InChI is InChI=1S/C33H32Cl3F2N7O2/c1-7-21(46)44-16(5)12-43(13-17(44)6)31-18-10-20(34)29(22-23(35)25(37)26(38)24(36)27(22)40)42-32(18)45(33(47)19(31)11-39)30-15(4)8-9-41-28(30)14(2)3/h7-10,14,16-17,28,41H,1,12-13,40H2,2-6H3/t16-,17+,28?. The molecule has 1 amide bonds. The van der Waals surface area contributed by atoms with Gasteiger partial charge in [-0.25, -0.2) is 13.8 Å². The smallest absolute Gasteiger partial charge is 0.276 e. The van der Waals surface area contributed by atoms with Crippen molar-refractivity contribution in [3.8, 4) is 17.3 Å².